The first-order chi connectivity index (χ1) is 13.5. The molecule has 2 N–H and O–H groups in total. The average molecular weight is 398 g/mol. The molecule has 1 heterocycles. The molecule has 1 aromatic heterocycles. The summed E-state index contributed by atoms with van der Waals surface area (Å²) < 4.78 is 32.3. The molecule has 0 saturated heterocycles. The Balaban J connectivity index is 1.54. The topological polar surface area (TPSA) is 93.2 Å². The van der Waals surface area contributed by atoms with E-state index in [2.05, 4.69) is 20.2 Å². The Bertz CT molecular complexity index is 1000. The van der Waals surface area contributed by atoms with Crippen molar-refractivity contribution in [1.82, 2.24) is 10.2 Å². The maximum Gasteiger partial charge on any atom is 0.263 e. The first-order valence-corrected chi connectivity index (χ1v) is 10.2. The molecule has 0 aliphatic rings. The van der Waals surface area contributed by atoms with Crippen molar-refractivity contribution in [1.29, 1.82) is 0 Å². The zero-order valence-corrected chi connectivity index (χ0v) is 16.5. The Labute approximate surface area is 164 Å². The fourth-order valence-electron chi connectivity index (χ4n) is 2.52. The Hall–Kier alpha value is -3.13. The van der Waals surface area contributed by atoms with Gasteiger partial charge in [0.1, 0.15) is 11.6 Å². The molecule has 0 fully saturated rings. The van der Waals surface area contributed by atoms with Crippen LogP contribution in [0.1, 0.15) is 11.1 Å². The lowest BCUT2D eigenvalue weighted by atomic mass is 10.1. The summed E-state index contributed by atoms with van der Waals surface area (Å²) in [5.41, 5.74) is 2.16. The normalized spacial score (nSPS) is 11.1. The number of aryl methyl sites for hydroxylation is 1. The van der Waals surface area contributed by atoms with Gasteiger partial charge in [0, 0.05) is 6.54 Å². The van der Waals surface area contributed by atoms with Crippen LogP contribution in [-0.4, -0.2) is 32.3 Å². The van der Waals surface area contributed by atoms with Gasteiger partial charge in [0.15, 0.2) is 5.82 Å². The molecule has 0 saturated carbocycles. The Morgan fingerprint density at radius 2 is 1.54 bits per heavy atom. The molecule has 7 nitrogen and oxygen atoms in total. The minimum absolute atomic E-state index is 0.168. The van der Waals surface area contributed by atoms with Gasteiger partial charge >= 0.3 is 0 Å². The number of hydrogen-bond acceptors (Lipinski definition) is 6. The summed E-state index contributed by atoms with van der Waals surface area (Å²) in [5, 5.41) is 11.1. The summed E-state index contributed by atoms with van der Waals surface area (Å²) >= 11 is 0. The van der Waals surface area contributed by atoms with Gasteiger partial charge in [-0.1, -0.05) is 29.8 Å². The Morgan fingerprint density at radius 3 is 2.14 bits per heavy atom. The van der Waals surface area contributed by atoms with Crippen molar-refractivity contribution in [2.24, 2.45) is 0 Å². The lowest BCUT2D eigenvalue weighted by Crippen LogP contribution is -2.15. The summed E-state index contributed by atoms with van der Waals surface area (Å²) in [7, 11) is -2.05. The summed E-state index contributed by atoms with van der Waals surface area (Å²) in [6.07, 6.45) is 0.813. The molecular weight excluding hydrogens is 376 g/mol. The molecule has 146 valence electrons. The number of sulfonamides is 1. The van der Waals surface area contributed by atoms with E-state index in [4.69, 9.17) is 4.74 Å². The number of nitrogens with zero attached hydrogens (tertiary/aromatic N) is 2. The highest BCUT2D eigenvalue weighted by Gasteiger charge is 2.14. The van der Waals surface area contributed by atoms with Crippen LogP contribution < -0.4 is 14.8 Å². The largest absolute Gasteiger partial charge is 0.497 e. The van der Waals surface area contributed by atoms with Crippen molar-refractivity contribution in [3.05, 3.63) is 71.8 Å². The molecule has 0 radical (unpaired) electrons. The highest BCUT2D eigenvalue weighted by atomic mass is 32.2. The van der Waals surface area contributed by atoms with Gasteiger partial charge in [-0.25, -0.2) is 8.42 Å². The van der Waals surface area contributed by atoms with E-state index in [9.17, 15) is 8.42 Å². The van der Waals surface area contributed by atoms with Crippen LogP contribution in [0, 0.1) is 6.92 Å². The molecule has 0 unspecified atom stereocenters. The monoisotopic (exact) mass is 398 g/mol. The lowest BCUT2D eigenvalue weighted by molar-refractivity contribution is 0.414. The molecule has 0 bridgehead atoms. The van der Waals surface area contributed by atoms with Gasteiger partial charge in [-0.3, -0.25) is 4.72 Å². The maximum absolute atomic E-state index is 12.4. The summed E-state index contributed by atoms with van der Waals surface area (Å²) in [6, 6.07) is 17.7. The first kappa shape index (κ1) is 19.6. The number of anilines is 2. The van der Waals surface area contributed by atoms with Crippen molar-refractivity contribution in [3.63, 3.8) is 0 Å². The molecule has 3 aromatic rings. The van der Waals surface area contributed by atoms with Crippen LogP contribution in [0.5, 0.6) is 5.75 Å². The van der Waals surface area contributed by atoms with E-state index in [1.165, 1.54) is 5.56 Å². The van der Waals surface area contributed by atoms with Crippen LogP contribution in [-0.2, 0) is 16.4 Å². The third kappa shape index (κ3) is 5.20. The summed E-state index contributed by atoms with van der Waals surface area (Å²) in [6.45, 7) is 2.57. The number of ether oxygens (including phenoxy) is 1. The highest BCUT2D eigenvalue weighted by Crippen LogP contribution is 2.16. The van der Waals surface area contributed by atoms with E-state index >= 15 is 0 Å². The zero-order valence-electron chi connectivity index (χ0n) is 15.7. The number of benzene rings is 2. The van der Waals surface area contributed by atoms with Gasteiger partial charge in [0.25, 0.3) is 10.0 Å². The molecule has 8 heteroatoms. The van der Waals surface area contributed by atoms with E-state index in [0.29, 0.717) is 12.4 Å². The second kappa shape index (κ2) is 8.71. The average Bonchev–Trinajstić information content (AvgIpc) is 2.70. The SMILES string of the molecule is COc1ccc(CCNc2ccc(NS(=O)(=O)c3ccc(C)cc3)nn2)cc1. The maximum atomic E-state index is 12.4. The molecule has 2 aromatic carbocycles. The van der Waals surface area contributed by atoms with E-state index < -0.39 is 10.0 Å². The third-order valence-electron chi connectivity index (χ3n) is 4.11. The number of aromatic nitrogens is 2. The summed E-state index contributed by atoms with van der Waals surface area (Å²) in [5.74, 6) is 1.57. The molecule has 0 aliphatic heterocycles. The molecule has 0 amide bonds. The minimum atomic E-state index is -3.68. The quantitative estimate of drug-likeness (QED) is 0.605. The van der Waals surface area contributed by atoms with Gasteiger partial charge < -0.3 is 10.1 Å². The van der Waals surface area contributed by atoms with Crippen molar-refractivity contribution < 1.29 is 13.2 Å². The van der Waals surface area contributed by atoms with Crippen LogP contribution in [0.3, 0.4) is 0 Å². The second-order valence-corrected chi connectivity index (χ2v) is 7.93. The molecule has 28 heavy (non-hydrogen) atoms. The molecule has 0 aliphatic carbocycles. The second-order valence-electron chi connectivity index (χ2n) is 6.25. The standard InChI is InChI=1S/C20H22N4O3S/c1-15-3-9-18(10-4-15)28(25,26)24-20-12-11-19(22-23-20)21-14-13-16-5-7-17(27-2)8-6-16/h3-12H,13-14H2,1-2H3,(H,21,22)(H,23,24). The van der Waals surface area contributed by atoms with Crippen LogP contribution in [0.25, 0.3) is 0 Å². The van der Waals surface area contributed by atoms with Crippen LogP contribution in [0.4, 0.5) is 11.6 Å². The van der Waals surface area contributed by atoms with Gasteiger partial charge in [-0.05, 0) is 55.3 Å². The van der Waals surface area contributed by atoms with Gasteiger partial charge in [0.2, 0.25) is 0 Å². The number of nitrogens with one attached hydrogen (secondary N) is 2. The van der Waals surface area contributed by atoms with Crippen molar-refractivity contribution in [2.75, 3.05) is 23.7 Å². The number of rotatable bonds is 8. The van der Waals surface area contributed by atoms with Crippen LogP contribution >= 0.6 is 0 Å². The van der Waals surface area contributed by atoms with E-state index in [-0.39, 0.29) is 10.7 Å². The van der Waals surface area contributed by atoms with E-state index in [1.54, 1.807) is 43.5 Å². The van der Waals surface area contributed by atoms with Crippen LogP contribution in [0.2, 0.25) is 0 Å². The van der Waals surface area contributed by atoms with E-state index in [0.717, 1.165) is 17.7 Å². The Morgan fingerprint density at radius 1 is 0.893 bits per heavy atom. The highest BCUT2D eigenvalue weighted by molar-refractivity contribution is 7.92. The van der Waals surface area contributed by atoms with Gasteiger partial charge in [0.05, 0.1) is 12.0 Å². The molecular formula is C20H22N4O3S. The first-order valence-electron chi connectivity index (χ1n) is 8.76. The Kier molecular flexibility index (Phi) is 6.10. The fourth-order valence-corrected chi connectivity index (χ4v) is 3.52. The number of methoxy groups -OCH3 is 1. The molecule has 0 spiro atoms. The summed E-state index contributed by atoms with van der Waals surface area (Å²) in [4.78, 5) is 0.182. The van der Waals surface area contributed by atoms with Crippen molar-refractivity contribution >= 4 is 21.7 Å². The predicted octanol–water partition coefficient (Wildman–Crippen LogP) is 3.25. The number of hydrogen-bond donors (Lipinski definition) is 2. The fraction of sp³-hybridized carbons (Fsp3) is 0.200. The predicted molar refractivity (Wildman–Crippen MR) is 109 cm³/mol. The van der Waals surface area contributed by atoms with Gasteiger partial charge in [-0.15, -0.1) is 10.2 Å². The van der Waals surface area contributed by atoms with Crippen molar-refractivity contribution in [2.45, 2.75) is 18.2 Å². The molecule has 3 rings (SSSR count). The van der Waals surface area contributed by atoms with Crippen LogP contribution in [0.15, 0.2) is 65.6 Å². The minimum Gasteiger partial charge on any atom is -0.497 e. The lowest BCUT2D eigenvalue weighted by Gasteiger charge is -2.09. The molecule has 0 atom stereocenters. The zero-order chi connectivity index (χ0) is 20.0. The van der Waals surface area contributed by atoms with E-state index in [1.807, 2.05) is 31.2 Å². The third-order valence-corrected chi connectivity index (χ3v) is 5.48. The smallest absolute Gasteiger partial charge is 0.263 e. The van der Waals surface area contributed by atoms with Gasteiger partial charge in [-0.2, -0.15) is 0 Å². The van der Waals surface area contributed by atoms with Crippen molar-refractivity contribution in [3.8, 4) is 5.75 Å².